The number of benzene rings is 1. The third-order valence-corrected chi connectivity index (χ3v) is 4.03. The minimum Gasteiger partial charge on any atom is -0.490 e. The highest BCUT2D eigenvalue weighted by atomic mass is 16.5. The summed E-state index contributed by atoms with van der Waals surface area (Å²) in [5, 5.41) is 3.12. The van der Waals surface area contributed by atoms with Crippen LogP contribution in [0.3, 0.4) is 0 Å². The highest BCUT2D eigenvalue weighted by Crippen LogP contribution is 2.32. The fourth-order valence-corrected chi connectivity index (χ4v) is 2.89. The molecule has 1 aromatic carbocycles. The van der Waals surface area contributed by atoms with E-state index >= 15 is 0 Å². The van der Waals surface area contributed by atoms with E-state index in [1.165, 1.54) is 12.8 Å². The molecule has 0 saturated heterocycles. The fourth-order valence-electron chi connectivity index (χ4n) is 2.89. The van der Waals surface area contributed by atoms with Crippen LogP contribution in [0.1, 0.15) is 48.0 Å². The van der Waals surface area contributed by atoms with E-state index in [1.807, 2.05) is 19.1 Å². The second-order valence-electron chi connectivity index (χ2n) is 5.62. The number of hydrogen-bond donors (Lipinski definition) is 1. The van der Waals surface area contributed by atoms with Crippen molar-refractivity contribution in [1.82, 2.24) is 5.32 Å². The van der Waals surface area contributed by atoms with Gasteiger partial charge < -0.3 is 14.8 Å². The summed E-state index contributed by atoms with van der Waals surface area (Å²) in [5.41, 5.74) is 1.63. The smallest absolute Gasteiger partial charge is 0.251 e. The van der Waals surface area contributed by atoms with Crippen LogP contribution in [0.25, 0.3) is 0 Å². The lowest BCUT2D eigenvalue weighted by molar-refractivity contribution is 0.0937. The Morgan fingerprint density at radius 3 is 2.45 bits per heavy atom. The molecule has 0 atom stereocenters. The summed E-state index contributed by atoms with van der Waals surface area (Å²) in [6.07, 6.45) is 5.48. The lowest BCUT2D eigenvalue weighted by Gasteiger charge is -2.15. The Morgan fingerprint density at radius 2 is 1.75 bits per heavy atom. The van der Waals surface area contributed by atoms with Crippen molar-refractivity contribution in [2.75, 3.05) is 13.2 Å². The molecule has 1 saturated carbocycles. The number of rotatable bonds is 2. The first-order valence-electron chi connectivity index (χ1n) is 7.45. The lowest BCUT2D eigenvalue weighted by Crippen LogP contribution is -2.33. The van der Waals surface area contributed by atoms with E-state index in [2.05, 4.69) is 5.32 Å². The third kappa shape index (κ3) is 2.74. The van der Waals surface area contributed by atoms with Gasteiger partial charge in [-0.2, -0.15) is 0 Å². The maximum Gasteiger partial charge on any atom is 0.251 e. The summed E-state index contributed by atoms with van der Waals surface area (Å²) in [6.45, 7) is 3.25. The summed E-state index contributed by atoms with van der Waals surface area (Å²) < 4.78 is 11.3. The first kappa shape index (κ1) is 13.3. The number of carbonyl (C=O) groups excluding carboxylic acids is 1. The molecule has 1 fully saturated rings. The SMILES string of the molecule is Cc1cc2c(cc1C(=O)NC1CCCC1)OCCCO2. The molecule has 4 heteroatoms. The monoisotopic (exact) mass is 275 g/mol. The molecule has 1 aromatic rings. The van der Waals surface area contributed by atoms with Crippen molar-refractivity contribution < 1.29 is 14.3 Å². The maximum absolute atomic E-state index is 12.4. The van der Waals surface area contributed by atoms with Crippen molar-refractivity contribution in [1.29, 1.82) is 0 Å². The van der Waals surface area contributed by atoms with Gasteiger partial charge in [-0.05, 0) is 37.5 Å². The van der Waals surface area contributed by atoms with Crippen LogP contribution in [-0.4, -0.2) is 25.2 Å². The normalized spacial score (nSPS) is 18.6. The molecular weight excluding hydrogens is 254 g/mol. The average molecular weight is 275 g/mol. The van der Waals surface area contributed by atoms with Crippen LogP contribution in [0.5, 0.6) is 11.5 Å². The van der Waals surface area contributed by atoms with Crippen molar-refractivity contribution in [2.24, 2.45) is 0 Å². The molecule has 1 N–H and O–H groups in total. The molecule has 1 heterocycles. The van der Waals surface area contributed by atoms with Gasteiger partial charge in [0.1, 0.15) is 0 Å². The summed E-state index contributed by atoms with van der Waals surface area (Å²) >= 11 is 0. The number of amides is 1. The molecule has 0 unspecified atom stereocenters. The van der Waals surface area contributed by atoms with Gasteiger partial charge in [0.25, 0.3) is 5.91 Å². The molecule has 0 spiro atoms. The molecule has 0 aromatic heterocycles. The predicted molar refractivity (Wildman–Crippen MR) is 76.5 cm³/mol. The van der Waals surface area contributed by atoms with Gasteiger partial charge in [0.05, 0.1) is 13.2 Å². The minimum absolute atomic E-state index is 0.00467. The third-order valence-electron chi connectivity index (χ3n) is 4.03. The molecule has 1 amide bonds. The number of carbonyl (C=O) groups is 1. The van der Waals surface area contributed by atoms with Crippen molar-refractivity contribution >= 4 is 5.91 Å². The highest BCUT2D eigenvalue weighted by Gasteiger charge is 2.21. The van der Waals surface area contributed by atoms with Crippen molar-refractivity contribution in [2.45, 2.75) is 45.1 Å². The van der Waals surface area contributed by atoms with E-state index in [-0.39, 0.29) is 5.91 Å². The van der Waals surface area contributed by atoms with Crippen LogP contribution in [0.4, 0.5) is 0 Å². The molecule has 108 valence electrons. The lowest BCUT2D eigenvalue weighted by atomic mass is 10.1. The molecule has 0 bridgehead atoms. The van der Waals surface area contributed by atoms with Crippen LogP contribution in [0, 0.1) is 6.92 Å². The summed E-state index contributed by atoms with van der Waals surface area (Å²) in [7, 11) is 0. The van der Waals surface area contributed by atoms with E-state index < -0.39 is 0 Å². The van der Waals surface area contributed by atoms with Crippen molar-refractivity contribution in [3.63, 3.8) is 0 Å². The molecule has 0 radical (unpaired) electrons. The van der Waals surface area contributed by atoms with Gasteiger partial charge in [0.15, 0.2) is 11.5 Å². The van der Waals surface area contributed by atoms with Crippen LogP contribution in [0.2, 0.25) is 0 Å². The van der Waals surface area contributed by atoms with E-state index in [0.717, 1.165) is 30.6 Å². The van der Waals surface area contributed by atoms with Crippen molar-refractivity contribution in [3.05, 3.63) is 23.3 Å². The second-order valence-corrected chi connectivity index (χ2v) is 5.62. The standard InChI is InChI=1S/C16H21NO3/c1-11-9-14-15(20-8-4-7-19-14)10-13(11)16(18)17-12-5-2-3-6-12/h9-10,12H,2-8H2,1H3,(H,17,18). The summed E-state index contributed by atoms with van der Waals surface area (Å²) in [6, 6.07) is 4.06. The van der Waals surface area contributed by atoms with E-state index in [9.17, 15) is 4.79 Å². The molecule has 1 aliphatic heterocycles. The van der Waals surface area contributed by atoms with Gasteiger partial charge in [-0.25, -0.2) is 0 Å². The topological polar surface area (TPSA) is 47.6 Å². The van der Waals surface area contributed by atoms with Gasteiger partial charge in [0.2, 0.25) is 0 Å². The maximum atomic E-state index is 12.4. The zero-order chi connectivity index (χ0) is 13.9. The molecule has 1 aliphatic carbocycles. The van der Waals surface area contributed by atoms with Gasteiger partial charge in [-0.3, -0.25) is 4.79 Å². The van der Waals surface area contributed by atoms with Gasteiger partial charge in [-0.15, -0.1) is 0 Å². The first-order valence-corrected chi connectivity index (χ1v) is 7.45. The quantitative estimate of drug-likeness (QED) is 0.903. The Bertz CT molecular complexity index is 507. The predicted octanol–water partition coefficient (Wildman–Crippen LogP) is 2.83. The zero-order valence-corrected chi connectivity index (χ0v) is 11.9. The van der Waals surface area contributed by atoms with Gasteiger partial charge in [0, 0.05) is 18.0 Å². The second kappa shape index (κ2) is 5.73. The van der Waals surface area contributed by atoms with Gasteiger partial charge in [-0.1, -0.05) is 12.8 Å². The molecular formula is C16H21NO3. The Hall–Kier alpha value is -1.71. The number of hydrogen-bond acceptors (Lipinski definition) is 3. The minimum atomic E-state index is 0.00467. The van der Waals surface area contributed by atoms with Crippen LogP contribution < -0.4 is 14.8 Å². The van der Waals surface area contributed by atoms with Crippen LogP contribution in [0.15, 0.2) is 12.1 Å². The van der Waals surface area contributed by atoms with E-state index in [4.69, 9.17) is 9.47 Å². The van der Waals surface area contributed by atoms with Gasteiger partial charge >= 0.3 is 0 Å². The molecule has 2 aliphatic rings. The average Bonchev–Trinajstić information content (AvgIpc) is 2.82. The van der Waals surface area contributed by atoms with Crippen LogP contribution in [-0.2, 0) is 0 Å². The van der Waals surface area contributed by atoms with Crippen LogP contribution >= 0.6 is 0 Å². The largest absolute Gasteiger partial charge is 0.490 e. The number of fused-ring (bicyclic) bond motifs is 1. The fraction of sp³-hybridized carbons (Fsp3) is 0.562. The summed E-state index contributed by atoms with van der Waals surface area (Å²) in [5.74, 6) is 1.44. The Balaban J connectivity index is 1.81. The number of ether oxygens (including phenoxy) is 2. The Labute approximate surface area is 119 Å². The summed E-state index contributed by atoms with van der Waals surface area (Å²) in [4.78, 5) is 12.4. The molecule has 4 nitrogen and oxygen atoms in total. The Morgan fingerprint density at radius 1 is 1.10 bits per heavy atom. The first-order chi connectivity index (χ1) is 9.74. The van der Waals surface area contributed by atoms with Crippen molar-refractivity contribution in [3.8, 4) is 11.5 Å². The number of nitrogens with one attached hydrogen (secondary N) is 1. The van der Waals surface area contributed by atoms with E-state index in [0.29, 0.717) is 30.6 Å². The van der Waals surface area contributed by atoms with E-state index in [1.54, 1.807) is 0 Å². The highest BCUT2D eigenvalue weighted by molar-refractivity contribution is 5.96. The molecule has 3 rings (SSSR count). The number of aryl methyl sites for hydroxylation is 1. The zero-order valence-electron chi connectivity index (χ0n) is 11.9. The molecule has 20 heavy (non-hydrogen) atoms. The Kier molecular flexibility index (Phi) is 3.81.